The molecule has 5 rings (SSSR count). The predicted octanol–water partition coefficient (Wildman–Crippen LogP) is 4.97. The van der Waals surface area contributed by atoms with Crippen LogP contribution in [0, 0.1) is 0 Å². The summed E-state index contributed by atoms with van der Waals surface area (Å²) in [5.41, 5.74) is 0.498. The van der Waals surface area contributed by atoms with E-state index in [1.165, 1.54) is 0 Å². The van der Waals surface area contributed by atoms with E-state index in [1.807, 2.05) is 68.5 Å². The maximum Gasteiger partial charge on any atom is 0.174 e. The van der Waals surface area contributed by atoms with E-state index in [2.05, 4.69) is 17.1 Å². The normalized spacial score (nSPS) is 25.4. The zero-order valence-electron chi connectivity index (χ0n) is 18.9. The van der Waals surface area contributed by atoms with Gasteiger partial charge in [-0.1, -0.05) is 54.1 Å². The molecule has 5 nitrogen and oxygen atoms in total. The van der Waals surface area contributed by atoms with Gasteiger partial charge in [0.25, 0.3) is 0 Å². The molecule has 2 aliphatic rings. The Morgan fingerprint density at radius 2 is 1.72 bits per heavy atom. The topological polar surface area (TPSA) is 54.8 Å². The van der Waals surface area contributed by atoms with Gasteiger partial charge in [0, 0.05) is 10.9 Å². The third-order valence-corrected chi connectivity index (χ3v) is 6.41. The molecule has 1 N–H and O–H groups in total. The molecule has 1 aliphatic heterocycles. The molecule has 2 aromatic carbocycles. The van der Waals surface area contributed by atoms with Crippen LogP contribution in [0.15, 0.2) is 67.0 Å². The lowest BCUT2D eigenvalue weighted by molar-refractivity contribution is -0.106. The Morgan fingerprint density at radius 3 is 2.34 bits per heavy atom. The average molecular weight is 453 g/mol. The lowest BCUT2D eigenvalue weighted by Crippen LogP contribution is -2.48. The highest BCUT2D eigenvalue weighted by atomic mass is 35.5. The molecule has 32 heavy (non-hydrogen) atoms. The Kier molecular flexibility index (Phi) is 6.17. The van der Waals surface area contributed by atoms with E-state index >= 15 is 0 Å². The summed E-state index contributed by atoms with van der Waals surface area (Å²) in [6, 6.07) is 17.8. The minimum Gasteiger partial charge on any atom is -0.495 e. The molecule has 3 unspecified atom stereocenters. The lowest BCUT2D eigenvalue weighted by Gasteiger charge is -2.40. The van der Waals surface area contributed by atoms with E-state index in [4.69, 9.17) is 21.1 Å². The van der Waals surface area contributed by atoms with Crippen LogP contribution in [0.2, 0.25) is 5.02 Å². The van der Waals surface area contributed by atoms with Crippen molar-refractivity contribution in [3.8, 4) is 11.5 Å². The van der Waals surface area contributed by atoms with Gasteiger partial charge in [0.2, 0.25) is 0 Å². The molecule has 0 amide bonds. The molecule has 0 spiro atoms. The highest BCUT2D eigenvalue weighted by Crippen LogP contribution is 2.67. The highest BCUT2D eigenvalue weighted by Gasteiger charge is 2.69. The largest absolute Gasteiger partial charge is 0.495 e. The Morgan fingerprint density at radius 1 is 1.06 bits per heavy atom. The number of ether oxygens (including phenoxy) is 2. The smallest absolute Gasteiger partial charge is 0.174 e. The Balaban J connectivity index is 0.000000567. The molecule has 1 saturated carbocycles. The van der Waals surface area contributed by atoms with Gasteiger partial charge in [0.1, 0.15) is 17.1 Å². The number of aromatic nitrogens is 1. The number of aliphatic hydroxyl groups is 1. The number of pyridine rings is 1. The highest BCUT2D eigenvalue weighted by molar-refractivity contribution is 6.30. The molecule has 1 fully saturated rings. The van der Waals surface area contributed by atoms with Crippen LogP contribution in [0.1, 0.15) is 35.4 Å². The summed E-state index contributed by atoms with van der Waals surface area (Å²) in [5.74, 6) is 1.08. The van der Waals surface area contributed by atoms with Gasteiger partial charge in [-0.25, -0.2) is 0 Å². The van der Waals surface area contributed by atoms with Crippen LogP contribution in [-0.2, 0) is 11.2 Å². The molecule has 1 aromatic heterocycles. The minimum atomic E-state index is -1.23. The third kappa shape index (κ3) is 3.54. The van der Waals surface area contributed by atoms with Gasteiger partial charge in [0.15, 0.2) is 5.60 Å². The Bertz CT molecular complexity index is 1070. The molecular weight excluding hydrogens is 424 g/mol. The van der Waals surface area contributed by atoms with Crippen LogP contribution >= 0.6 is 11.6 Å². The predicted molar refractivity (Wildman–Crippen MR) is 126 cm³/mol. The van der Waals surface area contributed by atoms with Crippen molar-refractivity contribution in [1.82, 2.24) is 9.88 Å². The van der Waals surface area contributed by atoms with Crippen LogP contribution in [0.3, 0.4) is 0 Å². The van der Waals surface area contributed by atoms with E-state index in [-0.39, 0.29) is 5.92 Å². The summed E-state index contributed by atoms with van der Waals surface area (Å²) in [7, 11) is 7.59. The number of methoxy groups -OCH3 is 1. The van der Waals surface area contributed by atoms with E-state index in [0.29, 0.717) is 28.5 Å². The van der Waals surface area contributed by atoms with E-state index in [1.54, 1.807) is 19.5 Å². The standard InChI is InChI=1S/C23H20ClNO3.C3H9N/c1-27-19-13-25-14-20-21(19)22(26)12-11-18(15-5-3-2-4-6-15)23(22,28-20)16-7-9-17(24)10-8-16;1-4(2)3/h2-10,13-14,18,26H,11-12H2,1H3;1-3H3. The maximum atomic E-state index is 12.1. The average Bonchev–Trinajstić information content (AvgIpc) is 3.21. The van der Waals surface area contributed by atoms with Crippen LogP contribution in [0.5, 0.6) is 11.5 Å². The number of rotatable bonds is 3. The third-order valence-electron chi connectivity index (χ3n) is 6.16. The molecule has 168 valence electrons. The molecule has 0 saturated heterocycles. The van der Waals surface area contributed by atoms with Crippen molar-refractivity contribution in [2.75, 3.05) is 28.3 Å². The summed E-state index contributed by atoms with van der Waals surface area (Å²) >= 11 is 6.15. The van der Waals surface area contributed by atoms with Crippen molar-refractivity contribution in [1.29, 1.82) is 0 Å². The molecular formula is C26H29ClN2O3. The molecule has 2 heterocycles. The molecule has 0 bridgehead atoms. The van der Waals surface area contributed by atoms with Gasteiger partial charge in [0.05, 0.1) is 25.1 Å². The summed E-state index contributed by atoms with van der Waals surface area (Å²) in [6.45, 7) is 0. The van der Waals surface area contributed by atoms with E-state index in [0.717, 1.165) is 17.5 Å². The van der Waals surface area contributed by atoms with Crippen molar-refractivity contribution in [2.24, 2.45) is 0 Å². The number of halogens is 1. The van der Waals surface area contributed by atoms with Gasteiger partial charge < -0.3 is 19.5 Å². The fourth-order valence-electron chi connectivity index (χ4n) is 5.02. The molecule has 3 aromatic rings. The van der Waals surface area contributed by atoms with Gasteiger partial charge in [-0.2, -0.15) is 0 Å². The second kappa shape index (κ2) is 8.74. The molecule has 6 heteroatoms. The number of fused-ring (bicyclic) bond motifs is 3. The SMILES string of the molecule is CN(C)C.COc1cncc2c1C1(O)CCC(c3ccccc3)C1(c1ccc(Cl)cc1)O2. The van der Waals surface area contributed by atoms with Gasteiger partial charge in [-0.05, 0) is 57.2 Å². The molecule has 1 aliphatic carbocycles. The van der Waals surface area contributed by atoms with Crippen LogP contribution < -0.4 is 9.47 Å². The maximum absolute atomic E-state index is 12.1. The quantitative estimate of drug-likeness (QED) is 0.607. The monoisotopic (exact) mass is 452 g/mol. The van der Waals surface area contributed by atoms with Crippen LogP contribution in [0.25, 0.3) is 0 Å². The summed E-state index contributed by atoms with van der Waals surface area (Å²) in [5, 5.41) is 12.8. The van der Waals surface area contributed by atoms with Gasteiger partial charge >= 0.3 is 0 Å². The fraction of sp³-hybridized carbons (Fsp3) is 0.346. The summed E-state index contributed by atoms with van der Waals surface area (Å²) in [6.07, 6.45) is 4.64. The zero-order chi connectivity index (χ0) is 22.9. The van der Waals surface area contributed by atoms with Crippen molar-refractivity contribution >= 4 is 11.6 Å². The van der Waals surface area contributed by atoms with Gasteiger partial charge in [-0.3, -0.25) is 4.98 Å². The first-order valence-corrected chi connectivity index (χ1v) is 11.1. The van der Waals surface area contributed by atoms with Crippen LogP contribution in [0.4, 0.5) is 0 Å². The second-order valence-electron chi connectivity index (χ2n) is 8.76. The first kappa shape index (κ1) is 22.6. The van der Waals surface area contributed by atoms with Crippen LogP contribution in [-0.4, -0.2) is 43.2 Å². The Hall–Kier alpha value is -2.60. The molecule has 0 radical (unpaired) electrons. The number of benzene rings is 2. The Labute approximate surface area is 194 Å². The lowest BCUT2D eigenvalue weighted by atomic mass is 9.72. The summed E-state index contributed by atoms with van der Waals surface area (Å²) in [4.78, 5) is 6.24. The van der Waals surface area contributed by atoms with E-state index < -0.39 is 11.2 Å². The first-order valence-electron chi connectivity index (χ1n) is 10.7. The van der Waals surface area contributed by atoms with Crippen molar-refractivity contribution < 1.29 is 14.6 Å². The second-order valence-corrected chi connectivity index (χ2v) is 9.20. The molecule has 3 atom stereocenters. The number of hydrogen-bond acceptors (Lipinski definition) is 5. The van der Waals surface area contributed by atoms with Crippen molar-refractivity contribution in [2.45, 2.75) is 30.0 Å². The number of hydrogen-bond donors (Lipinski definition) is 1. The first-order chi connectivity index (χ1) is 15.3. The van der Waals surface area contributed by atoms with Crippen molar-refractivity contribution in [3.05, 3.63) is 88.7 Å². The van der Waals surface area contributed by atoms with E-state index in [9.17, 15) is 5.11 Å². The fourth-order valence-corrected chi connectivity index (χ4v) is 5.14. The summed E-state index contributed by atoms with van der Waals surface area (Å²) < 4.78 is 12.2. The van der Waals surface area contributed by atoms with Gasteiger partial charge in [-0.15, -0.1) is 0 Å². The van der Waals surface area contributed by atoms with Crippen molar-refractivity contribution in [3.63, 3.8) is 0 Å². The zero-order valence-corrected chi connectivity index (χ0v) is 19.6. The minimum absolute atomic E-state index is 0.0306. The number of nitrogens with zero attached hydrogens (tertiary/aromatic N) is 2.